The number of likely N-dealkylation sites (N-methyl/N-ethyl adjacent to an activating group) is 1. The Morgan fingerprint density at radius 1 is 1.09 bits per heavy atom. The maximum absolute atomic E-state index is 13.4. The van der Waals surface area contributed by atoms with Gasteiger partial charge in [-0.15, -0.1) is 10.2 Å². The number of hydrogen-bond donors (Lipinski definition) is 4. The number of carbonyl (C=O) groups excluding carboxylic acids is 3. The minimum atomic E-state index is -0.468. The van der Waals surface area contributed by atoms with Crippen LogP contribution in [-0.2, 0) is 9.59 Å². The second-order valence-corrected chi connectivity index (χ2v) is 12.4. The highest BCUT2D eigenvalue weighted by atomic mass is 35.5. The van der Waals surface area contributed by atoms with E-state index in [0.29, 0.717) is 45.5 Å². The van der Waals surface area contributed by atoms with E-state index in [0.717, 1.165) is 36.8 Å². The molecular formula is C42H61ClN8O4. The second-order valence-electron chi connectivity index (χ2n) is 12.0. The molecule has 0 bridgehead atoms. The molecule has 2 aromatic rings. The topological polar surface area (TPSA) is 161 Å². The molecule has 55 heavy (non-hydrogen) atoms. The maximum Gasteiger partial charge on any atom is 0.273 e. The van der Waals surface area contributed by atoms with Crippen molar-refractivity contribution >= 4 is 52.1 Å². The summed E-state index contributed by atoms with van der Waals surface area (Å²) in [4.78, 5) is 40.1. The molecular weight excluding hydrogens is 716 g/mol. The zero-order valence-corrected chi connectivity index (χ0v) is 35.5. The zero-order valence-electron chi connectivity index (χ0n) is 34.7. The number of allylic oxidation sites excluding steroid dienone is 4. The first-order valence-corrected chi connectivity index (χ1v) is 19.7. The van der Waals surface area contributed by atoms with Crippen molar-refractivity contribution in [2.75, 3.05) is 44.9 Å². The maximum atomic E-state index is 13.4. The van der Waals surface area contributed by atoms with E-state index in [2.05, 4.69) is 37.5 Å². The average Bonchev–Trinajstić information content (AvgIpc) is 4.08. The standard InChI is InChI=1S/C36H43ClN8O4.3C2H6/c1-7-9-22(16-25(18-38)21(3)8-2)20-45(5)36(48)28-14-12-24(19-40-28)31-26(37)13-15-27(33(31)49-6)41-29-17-30(42-34(46)23-10-11-23)43-44-32(29)35(47)39-4;3*1-2/h9,12-17,21,23,40H,7-8,10-11,19-20H2,1-6H3,(H,39,47)(H2,41,42,43,46);3*1-2H3/b22-9-,25-16-;;;. The number of benzene rings is 1. The molecule has 3 amide bonds. The van der Waals surface area contributed by atoms with Crippen molar-refractivity contribution in [3.63, 3.8) is 0 Å². The van der Waals surface area contributed by atoms with E-state index in [9.17, 15) is 19.6 Å². The van der Waals surface area contributed by atoms with Gasteiger partial charge < -0.3 is 30.9 Å². The summed E-state index contributed by atoms with van der Waals surface area (Å²) < 4.78 is 5.84. The van der Waals surface area contributed by atoms with Crippen LogP contribution in [0.5, 0.6) is 5.75 Å². The lowest BCUT2D eigenvalue weighted by atomic mass is 9.97. The molecule has 1 fully saturated rings. The van der Waals surface area contributed by atoms with E-state index < -0.39 is 5.91 Å². The predicted octanol–water partition coefficient (Wildman–Crippen LogP) is 8.83. The van der Waals surface area contributed by atoms with Gasteiger partial charge in [-0.05, 0) is 67.0 Å². The fourth-order valence-electron chi connectivity index (χ4n) is 5.22. The molecule has 4 N–H and O–H groups in total. The quantitative estimate of drug-likeness (QED) is 0.109. The monoisotopic (exact) mass is 776 g/mol. The van der Waals surface area contributed by atoms with Gasteiger partial charge in [-0.1, -0.05) is 86.1 Å². The number of nitriles is 1. The van der Waals surface area contributed by atoms with Crippen LogP contribution in [-0.4, -0.2) is 67.1 Å². The van der Waals surface area contributed by atoms with Gasteiger partial charge in [0.1, 0.15) is 5.70 Å². The Balaban J connectivity index is 0.00000240. The molecule has 12 nitrogen and oxygen atoms in total. The van der Waals surface area contributed by atoms with E-state index in [1.165, 1.54) is 14.2 Å². The number of carbonyl (C=O) groups is 3. The van der Waals surface area contributed by atoms with E-state index in [1.54, 1.807) is 36.2 Å². The van der Waals surface area contributed by atoms with Crippen LogP contribution in [0.3, 0.4) is 0 Å². The highest BCUT2D eigenvalue weighted by Gasteiger charge is 2.30. The van der Waals surface area contributed by atoms with Crippen molar-refractivity contribution in [2.24, 2.45) is 11.8 Å². The SMILES string of the molecule is CC.CC.CC.CC/C=C(/C=C(/C#N)C(C)CC)CN(C)C(=O)C1=CC=C(c2c(Cl)ccc(Nc3cc(NC(=O)C4CC4)nnc3C(=O)NC)c2OC)CN1. The van der Waals surface area contributed by atoms with Gasteiger partial charge in [-0.3, -0.25) is 14.4 Å². The summed E-state index contributed by atoms with van der Waals surface area (Å²) in [7, 11) is 4.73. The van der Waals surface area contributed by atoms with Crippen molar-refractivity contribution in [2.45, 2.75) is 88.0 Å². The molecule has 1 aliphatic heterocycles. The first kappa shape index (κ1) is 47.9. The smallest absolute Gasteiger partial charge is 0.273 e. The van der Waals surface area contributed by atoms with E-state index in [-0.39, 0.29) is 41.7 Å². The van der Waals surface area contributed by atoms with Crippen LogP contribution in [0.1, 0.15) is 104 Å². The van der Waals surface area contributed by atoms with Crippen molar-refractivity contribution in [1.29, 1.82) is 5.26 Å². The van der Waals surface area contributed by atoms with Gasteiger partial charge in [-0.2, -0.15) is 5.26 Å². The first-order valence-electron chi connectivity index (χ1n) is 19.3. The molecule has 13 heteroatoms. The highest BCUT2D eigenvalue weighted by Crippen LogP contribution is 2.41. The minimum absolute atomic E-state index is 0.0235. The Hall–Kier alpha value is -5.15. The number of ether oxygens (including phenoxy) is 1. The van der Waals surface area contributed by atoms with Gasteiger partial charge in [0.05, 0.1) is 29.6 Å². The Morgan fingerprint density at radius 3 is 2.29 bits per heavy atom. The molecule has 1 unspecified atom stereocenters. The van der Waals surface area contributed by atoms with Crippen LogP contribution in [0.15, 0.2) is 59.3 Å². The minimum Gasteiger partial charge on any atom is -0.494 e. The molecule has 0 saturated heterocycles. The van der Waals surface area contributed by atoms with Crippen molar-refractivity contribution in [1.82, 2.24) is 25.7 Å². The van der Waals surface area contributed by atoms with E-state index in [1.807, 2.05) is 80.5 Å². The Morgan fingerprint density at radius 2 is 1.76 bits per heavy atom. The number of nitrogens with zero attached hydrogens (tertiary/aromatic N) is 4. The number of amides is 3. The van der Waals surface area contributed by atoms with Crippen LogP contribution in [0.25, 0.3) is 5.57 Å². The highest BCUT2D eigenvalue weighted by molar-refractivity contribution is 6.33. The summed E-state index contributed by atoms with van der Waals surface area (Å²) in [5, 5.41) is 29.9. The fourth-order valence-corrected chi connectivity index (χ4v) is 5.49. The molecule has 2 aliphatic rings. The van der Waals surface area contributed by atoms with Crippen LogP contribution in [0.2, 0.25) is 5.02 Å². The Bertz CT molecular complexity index is 1770. The third-order valence-corrected chi connectivity index (χ3v) is 8.65. The Labute approximate surface area is 333 Å². The lowest BCUT2D eigenvalue weighted by molar-refractivity contribution is -0.125. The van der Waals surface area contributed by atoms with Gasteiger partial charge >= 0.3 is 0 Å². The number of rotatable bonds is 14. The first-order chi connectivity index (χ1) is 26.5. The van der Waals surface area contributed by atoms with E-state index in [4.69, 9.17) is 16.3 Å². The third kappa shape index (κ3) is 13.6. The molecule has 2 heterocycles. The predicted molar refractivity (Wildman–Crippen MR) is 225 cm³/mol. The van der Waals surface area contributed by atoms with Crippen molar-refractivity contribution < 1.29 is 19.1 Å². The number of anilines is 3. The summed E-state index contributed by atoms with van der Waals surface area (Å²) in [6.45, 7) is 18.7. The van der Waals surface area contributed by atoms with Crippen LogP contribution in [0, 0.1) is 23.2 Å². The van der Waals surface area contributed by atoms with Crippen LogP contribution in [0.4, 0.5) is 17.2 Å². The van der Waals surface area contributed by atoms with Gasteiger partial charge in [-0.25, -0.2) is 0 Å². The molecule has 1 aromatic carbocycles. The van der Waals surface area contributed by atoms with Crippen LogP contribution < -0.4 is 26.0 Å². The largest absolute Gasteiger partial charge is 0.494 e. The molecule has 0 spiro atoms. The second kappa shape index (κ2) is 25.0. The normalized spacial score (nSPS) is 13.8. The summed E-state index contributed by atoms with van der Waals surface area (Å²) in [5.74, 6) is -0.102. The molecule has 1 aliphatic carbocycles. The fraction of sp³-hybridized carbons (Fsp3) is 0.476. The molecule has 300 valence electrons. The van der Waals surface area contributed by atoms with E-state index >= 15 is 0 Å². The van der Waals surface area contributed by atoms with Crippen molar-refractivity contribution in [3.05, 3.63) is 75.6 Å². The number of dihydropyridines is 1. The Kier molecular flexibility index (Phi) is 21.8. The molecule has 4 rings (SSSR count). The van der Waals surface area contributed by atoms with Crippen LogP contribution >= 0.6 is 11.6 Å². The summed E-state index contributed by atoms with van der Waals surface area (Å²) in [6.07, 6.45) is 10.7. The number of aromatic nitrogens is 2. The lowest BCUT2D eigenvalue weighted by Crippen LogP contribution is -2.36. The summed E-state index contributed by atoms with van der Waals surface area (Å²) in [6, 6.07) is 7.27. The summed E-state index contributed by atoms with van der Waals surface area (Å²) >= 11 is 6.72. The summed E-state index contributed by atoms with van der Waals surface area (Å²) in [5.41, 5.74) is 4.19. The van der Waals surface area contributed by atoms with Gasteiger partial charge in [0, 0.05) is 50.3 Å². The molecule has 0 radical (unpaired) electrons. The molecule has 1 atom stereocenters. The number of methoxy groups -OCH3 is 1. The van der Waals surface area contributed by atoms with Gasteiger partial charge in [0.2, 0.25) is 5.91 Å². The van der Waals surface area contributed by atoms with Crippen molar-refractivity contribution in [3.8, 4) is 11.8 Å². The molecule has 1 aromatic heterocycles. The molecule has 1 saturated carbocycles. The van der Waals surface area contributed by atoms with Gasteiger partial charge in [0.25, 0.3) is 11.8 Å². The zero-order chi connectivity index (χ0) is 41.7. The number of halogens is 1. The van der Waals surface area contributed by atoms with Gasteiger partial charge in [0.15, 0.2) is 17.3 Å². The lowest BCUT2D eigenvalue weighted by Gasteiger charge is -2.25. The number of hydrogen-bond acceptors (Lipinski definition) is 9. The third-order valence-electron chi connectivity index (χ3n) is 8.33. The average molecular weight is 777 g/mol. The number of nitrogens with one attached hydrogen (secondary N) is 4.